The summed E-state index contributed by atoms with van der Waals surface area (Å²) in [5, 5.41) is 3.06. The van der Waals surface area contributed by atoms with Crippen molar-refractivity contribution in [2.75, 3.05) is 31.1 Å². The van der Waals surface area contributed by atoms with Gasteiger partial charge in [-0.2, -0.15) is 0 Å². The highest BCUT2D eigenvalue weighted by Crippen LogP contribution is 2.22. The molecule has 30 heavy (non-hydrogen) atoms. The van der Waals surface area contributed by atoms with Crippen molar-refractivity contribution in [3.05, 3.63) is 83.7 Å². The van der Waals surface area contributed by atoms with Gasteiger partial charge in [0, 0.05) is 51.3 Å². The van der Waals surface area contributed by atoms with E-state index in [1.165, 1.54) is 23.4 Å². The summed E-state index contributed by atoms with van der Waals surface area (Å²) < 4.78 is 15.7. The number of rotatable bonds is 4. The number of aryl methyl sites for hydroxylation is 2. The number of carbonyl (C=O) groups is 1. The van der Waals surface area contributed by atoms with Crippen molar-refractivity contribution in [3.63, 3.8) is 0 Å². The Kier molecular flexibility index (Phi) is 5.70. The lowest BCUT2D eigenvalue weighted by atomic mass is 10.1. The molecule has 0 saturated carbocycles. The number of carbonyl (C=O) groups excluding carboxylic acids is 1. The Hall–Kier alpha value is -3.35. The molecule has 2 heterocycles. The van der Waals surface area contributed by atoms with Crippen molar-refractivity contribution in [2.24, 2.45) is 7.05 Å². The van der Waals surface area contributed by atoms with Crippen LogP contribution in [0.2, 0.25) is 0 Å². The van der Waals surface area contributed by atoms with E-state index in [-0.39, 0.29) is 11.8 Å². The molecule has 2 amide bonds. The third-order valence-electron chi connectivity index (χ3n) is 5.50. The number of imidazole rings is 1. The lowest BCUT2D eigenvalue weighted by molar-refractivity contribution is 0.191. The lowest BCUT2D eigenvalue weighted by Gasteiger charge is -2.37. The number of amides is 2. The highest BCUT2D eigenvalue weighted by Gasteiger charge is 2.26. The first-order valence-corrected chi connectivity index (χ1v) is 10.1. The summed E-state index contributed by atoms with van der Waals surface area (Å²) in [6.07, 6.45) is 3.49. The monoisotopic (exact) mass is 407 g/mol. The van der Waals surface area contributed by atoms with E-state index in [1.807, 2.05) is 22.7 Å². The highest BCUT2D eigenvalue weighted by atomic mass is 19.1. The van der Waals surface area contributed by atoms with Crippen LogP contribution >= 0.6 is 0 Å². The fraction of sp³-hybridized carbons (Fsp3) is 0.304. The molecule has 1 aromatic heterocycles. The van der Waals surface area contributed by atoms with E-state index in [0.29, 0.717) is 24.5 Å². The van der Waals surface area contributed by atoms with Crippen molar-refractivity contribution < 1.29 is 9.18 Å². The van der Waals surface area contributed by atoms with Gasteiger partial charge in [0.05, 0.1) is 0 Å². The minimum Gasteiger partial charge on any atom is -0.368 e. The molecule has 7 heteroatoms. The van der Waals surface area contributed by atoms with Crippen LogP contribution in [0.15, 0.2) is 60.9 Å². The molecule has 1 fully saturated rings. The quantitative estimate of drug-likeness (QED) is 0.720. The number of hydrogen-bond acceptors (Lipinski definition) is 3. The number of aromatic nitrogens is 2. The maximum atomic E-state index is 13.8. The van der Waals surface area contributed by atoms with Gasteiger partial charge in [0.1, 0.15) is 17.7 Å². The third kappa shape index (κ3) is 4.30. The van der Waals surface area contributed by atoms with E-state index in [0.717, 1.165) is 13.1 Å². The van der Waals surface area contributed by atoms with Crippen LogP contribution in [0.25, 0.3) is 0 Å². The average molecular weight is 407 g/mol. The molecule has 0 aliphatic carbocycles. The van der Waals surface area contributed by atoms with E-state index in [2.05, 4.69) is 46.4 Å². The Morgan fingerprint density at radius 3 is 2.53 bits per heavy atom. The molecule has 1 unspecified atom stereocenters. The molecule has 3 aromatic rings. The van der Waals surface area contributed by atoms with Crippen LogP contribution in [0, 0.1) is 12.7 Å². The Labute approximate surface area is 175 Å². The zero-order valence-corrected chi connectivity index (χ0v) is 17.3. The summed E-state index contributed by atoms with van der Waals surface area (Å²) in [5.74, 6) is 0.320. The number of nitrogens with one attached hydrogen (secondary N) is 1. The molecule has 1 saturated heterocycles. The number of benzene rings is 2. The number of nitrogens with zero attached hydrogens (tertiary/aromatic N) is 4. The Balaban J connectivity index is 1.46. The fourth-order valence-corrected chi connectivity index (χ4v) is 3.85. The molecular formula is C23H26FN5O. The van der Waals surface area contributed by atoms with Crippen molar-refractivity contribution in [2.45, 2.75) is 13.0 Å². The molecule has 1 N–H and O–H groups in total. The van der Waals surface area contributed by atoms with Crippen LogP contribution in [0.3, 0.4) is 0 Å². The number of halogens is 1. The topological polar surface area (TPSA) is 53.4 Å². The Bertz CT molecular complexity index is 1030. The fourth-order valence-electron chi connectivity index (χ4n) is 3.85. The van der Waals surface area contributed by atoms with Gasteiger partial charge in [0.2, 0.25) is 0 Å². The van der Waals surface area contributed by atoms with Crippen molar-refractivity contribution in [1.82, 2.24) is 19.8 Å². The smallest absolute Gasteiger partial charge is 0.318 e. The first kappa shape index (κ1) is 19.9. The zero-order valence-electron chi connectivity index (χ0n) is 17.3. The van der Waals surface area contributed by atoms with E-state index in [9.17, 15) is 9.18 Å². The van der Waals surface area contributed by atoms with Gasteiger partial charge in [0.15, 0.2) is 0 Å². The van der Waals surface area contributed by atoms with Crippen LogP contribution < -0.4 is 10.2 Å². The first-order chi connectivity index (χ1) is 14.5. The van der Waals surface area contributed by atoms with Crippen LogP contribution in [0.4, 0.5) is 14.9 Å². The number of urea groups is 1. The molecule has 2 aromatic carbocycles. The molecule has 1 atom stereocenters. The van der Waals surface area contributed by atoms with Crippen LogP contribution in [0.1, 0.15) is 23.0 Å². The maximum Gasteiger partial charge on any atom is 0.318 e. The van der Waals surface area contributed by atoms with Gasteiger partial charge in [0.25, 0.3) is 0 Å². The summed E-state index contributed by atoms with van der Waals surface area (Å²) in [7, 11) is 1.86. The Morgan fingerprint density at radius 2 is 1.87 bits per heavy atom. The average Bonchev–Trinajstić information content (AvgIpc) is 3.17. The number of anilines is 1. The molecule has 6 nitrogen and oxygen atoms in total. The van der Waals surface area contributed by atoms with Gasteiger partial charge in [-0.05, 0) is 42.3 Å². The summed E-state index contributed by atoms with van der Waals surface area (Å²) in [4.78, 5) is 21.5. The van der Waals surface area contributed by atoms with Crippen LogP contribution in [-0.4, -0.2) is 46.7 Å². The third-order valence-corrected chi connectivity index (χ3v) is 5.50. The normalized spacial score (nSPS) is 15.2. The molecule has 0 bridgehead atoms. The molecule has 1 aliphatic rings. The summed E-state index contributed by atoms with van der Waals surface area (Å²) >= 11 is 0. The van der Waals surface area contributed by atoms with Gasteiger partial charge < -0.3 is 19.7 Å². The van der Waals surface area contributed by atoms with Crippen LogP contribution in [0.5, 0.6) is 0 Å². The van der Waals surface area contributed by atoms with Gasteiger partial charge >= 0.3 is 6.03 Å². The lowest BCUT2D eigenvalue weighted by Crippen LogP contribution is -2.52. The van der Waals surface area contributed by atoms with E-state index < -0.39 is 6.04 Å². The second-order valence-electron chi connectivity index (χ2n) is 7.65. The van der Waals surface area contributed by atoms with E-state index >= 15 is 0 Å². The van der Waals surface area contributed by atoms with Gasteiger partial charge in [-0.15, -0.1) is 0 Å². The van der Waals surface area contributed by atoms with E-state index in [1.54, 1.807) is 18.3 Å². The maximum absolute atomic E-state index is 13.8. The molecule has 0 radical (unpaired) electrons. The van der Waals surface area contributed by atoms with Gasteiger partial charge in [-0.1, -0.05) is 24.3 Å². The van der Waals surface area contributed by atoms with Crippen molar-refractivity contribution >= 4 is 11.7 Å². The zero-order chi connectivity index (χ0) is 21.1. The second-order valence-corrected chi connectivity index (χ2v) is 7.65. The van der Waals surface area contributed by atoms with E-state index in [4.69, 9.17) is 0 Å². The van der Waals surface area contributed by atoms with Gasteiger partial charge in [-0.25, -0.2) is 14.2 Å². The van der Waals surface area contributed by atoms with Crippen LogP contribution in [-0.2, 0) is 7.05 Å². The Morgan fingerprint density at radius 1 is 1.10 bits per heavy atom. The molecule has 156 valence electrons. The standard InChI is InChI=1S/C23H26FN5O/c1-17-5-3-8-20(15-17)28-11-13-29(14-12-28)23(30)26-21(22-25-9-10-27(22)2)18-6-4-7-19(24)16-18/h3-10,15-16,21H,11-14H2,1-2H3,(H,26,30). The molecule has 0 spiro atoms. The highest BCUT2D eigenvalue weighted by molar-refractivity contribution is 5.75. The summed E-state index contributed by atoms with van der Waals surface area (Å²) in [5.41, 5.74) is 3.07. The number of hydrogen-bond donors (Lipinski definition) is 1. The molecule has 1 aliphatic heterocycles. The minimum absolute atomic E-state index is 0.170. The minimum atomic E-state index is -0.525. The first-order valence-electron chi connectivity index (χ1n) is 10.1. The largest absolute Gasteiger partial charge is 0.368 e. The second kappa shape index (κ2) is 8.57. The summed E-state index contributed by atoms with van der Waals surface area (Å²) in [6.45, 7) is 4.86. The number of piperazine rings is 1. The molecular weight excluding hydrogens is 381 g/mol. The van der Waals surface area contributed by atoms with Crippen molar-refractivity contribution in [3.8, 4) is 0 Å². The van der Waals surface area contributed by atoms with Crippen molar-refractivity contribution in [1.29, 1.82) is 0 Å². The summed E-state index contributed by atoms with van der Waals surface area (Å²) in [6, 6.07) is 14.0. The SMILES string of the molecule is Cc1cccc(N2CCN(C(=O)NC(c3cccc(F)c3)c3nccn3C)CC2)c1. The van der Waals surface area contributed by atoms with Gasteiger partial charge in [-0.3, -0.25) is 0 Å². The predicted octanol–water partition coefficient (Wildman–Crippen LogP) is 3.49. The molecule has 4 rings (SSSR count). The predicted molar refractivity (Wildman–Crippen MR) is 115 cm³/mol.